The zero-order valence-corrected chi connectivity index (χ0v) is 12.6. The molecule has 4 nitrogen and oxygen atoms in total. The van der Waals surface area contributed by atoms with Crippen LogP contribution in [0.2, 0.25) is 5.02 Å². The van der Waals surface area contributed by atoms with Crippen molar-refractivity contribution in [2.24, 2.45) is 0 Å². The molecule has 112 valence electrons. The predicted octanol–water partition coefficient (Wildman–Crippen LogP) is 3.39. The van der Waals surface area contributed by atoms with Crippen molar-refractivity contribution in [2.45, 2.75) is 13.5 Å². The summed E-state index contributed by atoms with van der Waals surface area (Å²) < 4.78 is 15.4. The fraction of sp³-hybridized carbons (Fsp3) is 0.125. The molecule has 0 unspecified atom stereocenters. The number of rotatable bonds is 3. The normalized spacial score (nSPS) is 10.9. The highest BCUT2D eigenvalue weighted by atomic mass is 35.5. The van der Waals surface area contributed by atoms with Gasteiger partial charge in [0.15, 0.2) is 0 Å². The van der Waals surface area contributed by atoms with Crippen molar-refractivity contribution in [1.29, 1.82) is 0 Å². The molecule has 0 aliphatic carbocycles. The zero-order chi connectivity index (χ0) is 15.7. The largest absolute Gasteiger partial charge is 0.329 e. The molecule has 3 aromatic rings. The summed E-state index contributed by atoms with van der Waals surface area (Å²) in [4.78, 5) is 19.1. The molecule has 0 saturated carbocycles. The maximum atomic E-state index is 13.5. The van der Waals surface area contributed by atoms with Gasteiger partial charge >= 0.3 is 0 Å². The smallest absolute Gasteiger partial charge is 0.256 e. The van der Waals surface area contributed by atoms with Crippen LogP contribution >= 0.6 is 11.6 Å². The Balaban J connectivity index is 1.94. The molecule has 0 fully saturated rings. The summed E-state index contributed by atoms with van der Waals surface area (Å²) in [5.74, 6) is -0.545. The Morgan fingerprint density at radius 3 is 2.77 bits per heavy atom. The van der Waals surface area contributed by atoms with Crippen molar-refractivity contribution >= 4 is 11.6 Å². The van der Waals surface area contributed by atoms with Gasteiger partial charge in [-0.2, -0.15) is 0 Å². The van der Waals surface area contributed by atoms with Gasteiger partial charge in [-0.3, -0.25) is 4.79 Å². The second-order valence-electron chi connectivity index (χ2n) is 5.02. The Bertz CT molecular complexity index is 885. The Kier molecular flexibility index (Phi) is 3.81. The summed E-state index contributed by atoms with van der Waals surface area (Å²) in [5, 5.41) is 0.0346. The van der Waals surface area contributed by atoms with Gasteiger partial charge in [-0.05, 0) is 36.8 Å². The lowest BCUT2D eigenvalue weighted by atomic mass is 10.1. The molecule has 6 heteroatoms. The van der Waals surface area contributed by atoms with Crippen LogP contribution in [0.25, 0.3) is 11.1 Å². The number of H-pyrrole nitrogens is 1. The number of hydrogen-bond donors (Lipinski definition) is 1. The molecule has 0 amide bonds. The molecule has 0 bridgehead atoms. The van der Waals surface area contributed by atoms with E-state index in [1.165, 1.54) is 12.1 Å². The Hall–Kier alpha value is -2.40. The number of aromatic amines is 1. The van der Waals surface area contributed by atoms with Crippen molar-refractivity contribution in [3.63, 3.8) is 0 Å². The van der Waals surface area contributed by atoms with Gasteiger partial charge in [0.1, 0.15) is 5.82 Å². The van der Waals surface area contributed by atoms with Crippen LogP contribution in [0.1, 0.15) is 11.4 Å². The molecule has 3 rings (SSSR count). The van der Waals surface area contributed by atoms with E-state index in [1.807, 2.05) is 17.6 Å². The van der Waals surface area contributed by atoms with Crippen LogP contribution in [-0.2, 0) is 6.54 Å². The quantitative estimate of drug-likeness (QED) is 0.805. The van der Waals surface area contributed by atoms with E-state index in [2.05, 4.69) is 9.97 Å². The first-order valence-electron chi connectivity index (χ1n) is 6.69. The zero-order valence-electron chi connectivity index (χ0n) is 11.8. The molecule has 0 spiro atoms. The van der Waals surface area contributed by atoms with E-state index >= 15 is 0 Å². The van der Waals surface area contributed by atoms with Crippen molar-refractivity contribution in [3.05, 3.63) is 75.4 Å². The number of benzene rings is 1. The average Bonchev–Trinajstić information content (AvgIpc) is 2.88. The molecular formula is C16H13ClFN3O. The minimum atomic E-state index is -0.545. The van der Waals surface area contributed by atoms with Crippen molar-refractivity contribution in [1.82, 2.24) is 14.5 Å². The third-order valence-corrected chi connectivity index (χ3v) is 3.77. The SMILES string of the molecule is Cc1cncn1Cc1ccc(-c2ccc(Cl)c(F)c2)c(=O)[nH]1. The van der Waals surface area contributed by atoms with Gasteiger partial charge in [-0.1, -0.05) is 17.7 Å². The lowest BCUT2D eigenvalue weighted by Gasteiger charge is -2.07. The van der Waals surface area contributed by atoms with E-state index in [1.54, 1.807) is 24.7 Å². The molecule has 2 heterocycles. The minimum Gasteiger partial charge on any atom is -0.329 e. The molecular weight excluding hydrogens is 305 g/mol. The number of halogens is 2. The first-order valence-corrected chi connectivity index (χ1v) is 7.07. The Labute approximate surface area is 131 Å². The van der Waals surface area contributed by atoms with Gasteiger partial charge in [0.2, 0.25) is 0 Å². The highest BCUT2D eigenvalue weighted by Crippen LogP contribution is 2.22. The number of hydrogen-bond acceptors (Lipinski definition) is 2. The van der Waals surface area contributed by atoms with E-state index in [4.69, 9.17) is 11.6 Å². The second-order valence-corrected chi connectivity index (χ2v) is 5.43. The molecule has 0 aliphatic rings. The molecule has 1 N–H and O–H groups in total. The van der Waals surface area contributed by atoms with E-state index < -0.39 is 5.82 Å². The molecule has 1 aromatic carbocycles. The standard InChI is InChI=1S/C16H13ClFN3O/c1-10-7-19-9-21(10)8-12-3-4-13(16(22)20-12)11-2-5-14(17)15(18)6-11/h2-7,9H,8H2,1H3,(H,20,22). The minimum absolute atomic E-state index is 0.0346. The monoisotopic (exact) mass is 317 g/mol. The summed E-state index contributed by atoms with van der Waals surface area (Å²) in [6.45, 7) is 2.46. The van der Waals surface area contributed by atoms with Crippen LogP contribution in [0.4, 0.5) is 4.39 Å². The first kappa shape index (κ1) is 14.5. The van der Waals surface area contributed by atoms with Gasteiger partial charge in [0.25, 0.3) is 5.56 Å². The molecule has 0 radical (unpaired) electrons. The predicted molar refractivity (Wildman–Crippen MR) is 83.5 cm³/mol. The number of aryl methyl sites for hydroxylation is 1. The van der Waals surface area contributed by atoms with Crippen LogP contribution in [0.5, 0.6) is 0 Å². The summed E-state index contributed by atoms with van der Waals surface area (Å²) in [6.07, 6.45) is 3.46. The van der Waals surface area contributed by atoms with E-state index in [-0.39, 0.29) is 10.6 Å². The number of pyridine rings is 1. The van der Waals surface area contributed by atoms with Gasteiger partial charge in [0, 0.05) is 23.1 Å². The summed E-state index contributed by atoms with van der Waals surface area (Å²) >= 11 is 5.66. The maximum Gasteiger partial charge on any atom is 0.256 e. The fourth-order valence-electron chi connectivity index (χ4n) is 2.23. The van der Waals surface area contributed by atoms with Crippen LogP contribution in [-0.4, -0.2) is 14.5 Å². The van der Waals surface area contributed by atoms with Crippen LogP contribution < -0.4 is 5.56 Å². The molecule has 0 atom stereocenters. The molecule has 22 heavy (non-hydrogen) atoms. The first-order chi connectivity index (χ1) is 10.5. The Morgan fingerprint density at radius 2 is 2.14 bits per heavy atom. The van der Waals surface area contributed by atoms with Gasteiger partial charge in [0.05, 0.1) is 17.9 Å². The fourth-order valence-corrected chi connectivity index (χ4v) is 2.35. The van der Waals surface area contributed by atoms with Crippen molar-refractivity contribution < 1.29 is 4.39 Å². The second kappa shape index (κ2) is 5.77. The van der Waals surface area contributed by atoms with Crippen LogP contribution in [0.15, 0.2) is 47.7 Å². The topological polar surface area (TPSA) is 50.7 Å². The summed E-state index contributed by atoms with van der Waals surface area (Å²) in [7, 11) is 0. The lowest BCUT2D eigenvalue weighted by molar-refractivity contribution is 0.629. The number of nitrogens with zero attached hydrogens (tertiary/aromatic N) is 2. The summed E-state index contributed by atoms with van der Waals surface area (Å²) in [6, 6.07) is 7.81. The molecule has 2 aromatic heterocycles. The highest BCUT2D eigenvalue weighted by Gasteiger charge is 2.08. The van der Waals surface area contributed by atoms with E-state index in [9.17, 15) is 9.18 Å². The lowest BCUT2D eigenvalue weighted by Crippen LogP contribution is -2.13. The van der Waals surface area contributed by atoms with Gasteiger partial charge in [-0.15, -0.1) is 0 Å². The van der Waals surface area contributed by atoms with Crippen molar-refractivity contribution in [3.8, 4) is 11.1 Å². The Morgan fingerprint density at radius 1 is 1.32 bits per heavy atom. The third-order valence-electron chi connectivity index (χ3n) is 3.46. The van der Waals surface area contributed by atoms with Crippen LogP contribution in [0.3, 0.4) is 0 Å². The summed E-state index contributed by atoms with van der Waals surface area (Å²) in [5.41, 5.74) is 2.39. The third kappa shape index (κ3) is 2.80. The average molecular weight is 318 g/mol. The van der Waals surface area contributed by atoms with Crippen LogP contribution in [0, 0.1) is 12.7 Å². The maximum absolute atomic E-state index is 13.5. The van der Waals surface area contributed by atoms with Gasteiger partial charge < -0.3 is 9.55 Å². The van der Waals surface area contributed by atoms with E-state index in [0.29, 0.717) is 17.7 Å². The van der Waals surface area contributed by atoms with E-state index in [0.717, 1.165) is 11.4 Å². The number of imidazole rings is 1. The van der Waals surface area contributed by atoms with Crippen molar-refractivity contribution in [2.75, 3.05) is 0 Å². The molecule has 0 saturated heterocycles. The molecule has 0 aliphatic heterocycles. The number of nitrogens with one attached hydrogen (secondary N) is 1. The van der Waals surface area contributed by atoms with Gasteiger partial charge in [-0.25, -0.2) is 9.37 Å². The number of aromatic nitrogens is 3. The highest BCUT2D eigenvalue weighted by molar-refractivity contribution is 6.30.